The number of rotatable bonds is 2. The van der Waals surface area contributed by atoms with E-state index in [9.17, 15) is 4.79 Å². The molecule has 3 rings (SSSR count). The topological polar surface area (TPSA) is 29.1 Å². The molecule has 0 spiro atoms. The molecule has 1 N–H and O–H groups in total. The predicted octanol–water partition coefficient (Wildman–Crippen LogP) is 4.71. The van der Waals surface area contributed by atoms with Crippen LogP contribution in [-0.4, -0.2) is 5.91 Å². The van der Waals surface area contributed by atoms with Gasteiger partial charge in [-0.3, -0.25) is 4.79 Å². The van der Waals surface area contributed by atoms with Crippen LogP contribution in [0.1, 0.15) is 21.5 Å². The Morgan fingerprint density at radius 3 is 2.48 bits per heavy atom. The van der Waals surface area contributed by atoms with Gasteiger partial charge in [-0.2, -0.15) is 0 Å². The highest BCUT2D eigenvalue weighted by molar-refractivity contribution is 6.13. The van der Waals surface area contributed by atoms with Gasteiger partial charge in [-0.25, -0.2) is 0 Å². The molecule has 0 heterocycles. The summed E-state index contributed by atoms with van der Waals surface area (Å²) in [6.07, 6.45) is 0. The van der Waals surface area contributed by atoms with E-state index in [1.165, 1.54) is 5.56 Å². The largest absolute Gasteiger partial charge is 0.322 e. The summed E-state index contributed by atoms with van der Waals surface area (Å²) >= 11 is 0. The zero-order chi connectivity index (χ0) is 14.8. The van der Waals surface area contributed by atoms with Crippen molar-refractivity contribution in [2.75, 3.05) is 5.32 Å². The molecular formula is C19H17NO. The standard InChI is InChI=1S/C19H17NO/c1-13-10-11-18(14(2)12-13)20-19(21)17-9-5-7-15-6-3-4-8-16(15)17/h3-12H,1-2H3,(H,20,21). The normalized spacial score (nSPS) is 10.6. The molecule has 2 nitrogen and oxygen atoms in total. The minimum atomic E-state index is -0.0706. The van der Waals surface area contributed by atoms with Crippen LogP contribution < -0.4 is 5.32 Å². The highest BCUT2D eigenvalue weighted by Gasteiger charge is 2.10. The second-order valence-electron chi connectivity index (χ2n) is 5.30. The molecule has 0 bridgehead atoms. The minimum Gasteiger partial charge on any atom is -0.322 e. The fourth-order valence-corrected chi connectivity index (χ4v) is 2.57. The zero-order valence-corrected chi connectivity index (χ0v) is 12.2. The molecule has 3 aromatic rings. The molecule has 0 unspecified atom stereocenters. The van der Waals surface area contributed by atoms with E-state index >= 15 is 0 Å². The molecule has 104 valence electrons. The predicted molar refractivity (Wildman–Crippen MR) is 87.8 cm³/mol. The van der Waals surface area contributed by atoms with Gasteiger partial charge < -0.3 is 5.32 Å². The summed E-state index contributed by atoms with van der Waals surface area (Å²) in [5.41, 5.74) is 3.82. The van der Waals surface area contributed by atoms with E-state index in [1.807, 2.05) is 68.4 Å². The number of benzene rings is 3. The Balaban J connectivity index is 1.97. The minimum absolute atomic E-state index is 0.0706. The van der Waals surface area contributed by atoms with Crippen molar-refractivity contribution in [3.05, 3.63) is 77.4 Å². The third kappa shape index (κ3) is 2.65. The average Bonchev–Trinajstić information content (AvgIpc) is 2.49. The number of nitrogens with one attached hydrogen (secondary N) is 1. The first-order valence-corrected chi connectivity index (χ1v) is 7.01. The van der Waals surface area contributed by atoms with Crippen LogP contribution in [0, 0.1) is 13.8 Å². The van der Waals surface area contributed by atoms with E-state index < -0.39 is 0 Å². The summed E-state index contributed by atoms with van der Waals surface area (Å²) in [7, 11) is 0. The molecular weight excluding hydrogens is 258 g/mol. The maximum absolute atomic E-state index is 12.6. The number of carbonyl (C=O) groups is 1. The van der Waals surface area contributed by atoms with Crippen molar-refractivity contribution in [2.45, 2.75) is 13.8 Å². The maximum atomic E-state index is 12.6. The van der Waals surface area contributed by atoms with E-state index in [4.69, 9.17) is 0 Å². The van der Waals surface area contributed by atoms with Crippen LogP contribution in [0.4, 0.5) is 5.69 Å². The van der Waals surface area contributed by atoms with E-state index in [0.717, 1.165) is 22.0 Å². The van der Waals surface area contributed by atoms with Gasteiger partial charge in [0.05, 0.1) is 0 Å². The van der Waals surface area contributed by atoms with Crippen molar-refractivity contribution >= 4 is 22.4 Å². The lowest BCUT2D eigenvalue weighted by atomic mass is 10.0. The van der Waals surface area contributed by atoms with Gasteiger partial charge >= 0.3 is 0 Å². The number of fused-ring (bicyclic) bond motifs is 1. The summed E-state index contributed by atoms with van der Waals surface area (Å²) in [5.74, 6) is -0.0706. The second-order valence-corrected chi connectivity index (χ2v) is 5.30. The van der Waals surface area contributed by atoms with Crippen molar-refractivity contribution in [2.24, 2.45) is 0 Å². The average molecular weight is 275 g/mol. The lowest BCUT2D eigenvalue weighted by Gasteiger charge is -2.11. The lowest BCUT2D eigenvalue weighted by Crippen LogP contribution is -2.13. The maximum Gasteiger partial charge on any atom is 0.256 e. The van der Waals surface area contributed by atoms with E-state index in [0.29, 0.717) is 5.56 Å². The highest BCUT2D eigenvalue weighted by atomic mass is 16.1. The molecule has 0 saturated heterocycles. The fraction of sp³-hybridized carbons (Fsp3) is 0.105. The molecule has 0 saturated carbocycles. The number of hydrogen-bond donors (Lipinski definition) is 1. The van der Waals surface area contributed by atoms with Crippen molar-refractivity contribution in [1.82, 2.24) is 0 Å². The first-order valence-electron chi connectivity index (χ1n) is 7.01. The smallest absolute Gasteiger partial charge is 0.256 e. The lowest BCUT2D eigenvalue weighted by molar-refractivity contribution is 0.102. The Morgan fingerprint density at radius 1 is 0.905 bits per heavy atom. The van der Waals surface area contributed by atoms with Crippen LogP contribution in [0.5, 0.6) is 0 Å². The summed E-state index contributed by atoms with van der Waals surface area (Å²) in [5, 5.41) is 5.06. The monoisotopic (exact) mass is 275 g/mol. The first kappa shape index (κ1) is 13.4. The van der Waals surface area contributed by atoms with Crippen LogP contribution in [0.2, 0.25) is 0 Å². The molecule has 0 aliphatic heterocycles. The Bertz CT molecular complexity index is 815. The number of anilines is 1. The molecule has 3 aromatic carbocycles. The van der Waals surface area contributed by atoms with Crippen LogP contribution in [0.3, 0.4) is 0 Å². The van der Waals surface area contributed by atoms with Crippen LogP contribution in [-0.2, 0) is 0 Å². The summed E-state index contributed by atoms with van der Waals surface area (Å²) in [6, 6.07) is 19.8. The molecule has 1 amide bonds. The molecule has 21 heavy (non-hydrogen) atoms. The number of aryl methyl sites for hydroxylation is 2. The van der Waals surface area contributed by atoms with Crippen LogP contribution in [0.15, 0.2) is 60.7 Å². The zero-order valence-electron chi connectivity index (χ0n) is 12.2. The number of amides is 1. The number of hydrogen-bond acceptors (Lipinski definition) is 1. The molecule has 0 atom stereocenters. The molecule has 0 radical (unpaired) electrons. The van der Waals surface area contributed by atoms with Gasteiger partial charge in [-0.15, -0.1) is 0 Å². The Morgan fingerprint density at radius 2 is 1.67 bits per heavy atom. The van der Waals surface area contributed by atoms with Crippen molar-refractivity contribution in [3.63, 3.8) is 0 Å². The van der Waals surface area contributed by atoms with E-state index in [-0.39, 0.29) is 5.91 Å². The van der Waals surface area contributed by atoms with Gasteiger partial charge in [0.2, 0.25) is 0 Å². The third-order valence-corrected chi connectivity index (χ3v) is 3.66. The molecule has 0 aliphatic carbocycles. The summed E-state index contributed by atoms with van der Waals surface area (Å²) in [4.78, 5) is 12.6. The van der Waals surface area contributed by atoms with Gasteiger partial charge in [-0.05, 0) is 42.3 Å². The first-order chi connectivity index (χ1) is 10.1. The molecule has 0 aliphatic rings. The summed E-state index contributed by atoms with van der Waals surface area (Å²) in [6.45, 7) is 4.05. The van der Waals surface area contributed by atoms with Gasteiger partial charge in [0.25, 0.3) is 5.91 Å². The van der Waals surface area contributed by atoms with E-state index in [2.05, 4.69) is 11.4 Å². The van der Waals surface area contributed by atoms with Crippen LogP contribution in [0.25, 0.3) is 10.8 Å². The van der Waals surface area contributed by atoms with E-state index in [1.54, 1.807) is 0 Å². The van der Waals surface area contributed by atoms with Crippen molar-refractivity contribution < 1.29 is 4.79 Å². The van der Waals surface area contributed by atoms with Gasteiger partial charge in [0.1, 0.15) is 0 Å². The Kier molecular flexibility index (Phi) is 3.44. The second kappa shape index (κ2) is 5.41. The molecule has 0 aromatic heterocycles. The van der Waals surface area contributed by atoms with Gasteiger partial charge in [0, 0.05) is 11.3 Å². The van der Waals surface area contributed by atoms with Gasteiger partial charge in [0.15, 0.2) is 0 Å². The Hall–Kier alpha value is -2.61. The SMILES string of the molecule is Cc1ccc(NC(=O)c2cccc3ccccc23)c(C)c1. The van der Waals surface area contributed by atoms with Crippen molar-refractivity contribution in [3.8, 4) is 0 Å². The third-order valence-electron chi connectivity index (χ3n) is 3.66. The number of carbonyl (C=O) groups excluding carboxylic acids is 1. The highest BCUT2D eigenvalue weighted by Crippen LogP contribution is 2.21. The fourth-order valence-electron chi connectivity index (χ4n) is 2.57. The van der Waals surface area contributed by atoms with Crippen molar-refractivity contribution in [1.29, 1.82) is 0 Å². The Labute approximate surface area is 124 Å². The quantitative estimate of drug-likeness (QED) is 0.721. The molecule has 2 heteroatoms. The van der Waals surface area contributed by atoms with Crippen LogP contribution >= 0.6 is 0 Å². The summed E-state index contributed by atoms with van der Waals surface area (Å²) < 4.78 is 0. The molecule has 0 fully saturated rings. The van der Waals surface area contributed by atoms with Gasteiger partial charge in [-0.1, -0.05) is 54.1 Å².